The first-order valence-corrected chi connectivity index (χ1v) is 11.4. The molecule has 0 bridgehead atoms. The van der Waals surface area contributed by atoms with Crippen molar-refractivity contribution in [3.8, 4) is 0 Å². The molecule has 0 saturated carbocycles. The Kier molecular flexibility index (Phi) is 6.65. The monoisotopic (exact) mass is 370 g/mol. The molecular weight excluding hydrogens is 350 g/mol. The quantitative estimate of drug-likeness (QED) is 0.530. The lowest BCUT2D eigenvalue weighted by Gasteiger charge is -2.23. The Bertz CT molecular complexity index is 654. The van der Waals surface area contributed by atoms with Crippen LogP contribution in [-0.2, 0) is 33.8 Å². The molecule has 2 aromatic carbocycles. The number of benzene rings is 2. The first-order chi connectivity index (χ1) is 10.9. The van der Waals surface area contributed by atoms with Gasteiger partial charge >= 0.3 is 7.67 Å². The number of rotatable bonds is 8. The molecule has 0 radical (unpaired) electrons. The first kappa shape index (κ1) is 18.5. The summed E-state index contributed by atoms with van der Waals surface area (Å²) in [6, 6.07) is 19.0. The van der Waals surface area contributed by atoms with Crippen LogP contribution in [0.15, 0.2) is 60.7 Å². The fourth-order valence-electron chi connectivity index (χ4n) is 1.83. The van der Waals surface area contributed by atoms with Gasteiger partial charge in [0.25, 0.3) is 0 Å². The molecule has 0 aromatic heterocycles. The molecule has 0 heterocycles. The van der Waals surface area contributed by atoms with Gasteiger partial charge in [-0.25, -0.2) is 14.9 Å². The summed E-state index contributed by atoms with van der Waals surface area (Å²) in [5.74, 6) is 0. The van der Waals surface area contributed by atoms with Gasteiger partial charge in [0.1, 0.15) is 0 Å². The first-order valence-electron chi connectivity index (χ1n) is 6.93. The van der Waals surface area contributed by atoms with E-state index in [2.05, 4.69) is 10.2 Å². The third kappa shape index (κ3) is 7.04. The Balaban J connectivity index is 1.87. The Labute approximate surface area is 141 Å². The van der Waals surface area contributed by atoms with Crippen molar-refractivity contribution >= 4 is 26.0 Å². The molecule has 2 atom stereocenters. The van der Waals surface area contributed by atoms with E-state index in [4.69, 9.17) is 27.1 Å². The summed E-state index contributed by atoms with van der Waals surface area (Å²) in [5.41, 5.74) is 13.5. The van der Waals surface area contributed by atoms with Gasteiger partial charge in [-0.1, -0.05) is 60.7 Å². The predicted octanol–water partition coefficient (Wildman–Crippen LogP) is 2.83. The zero-order chi connectivity index (χ0) is 16.8. The normalized spacial score (nSPS) is 16.4. The summed E-state index contributed by atoms with van der Waals surface area (Å²) in [6.45, 7) is -2.24. The molecule has 6 nitrogen and oxygen atoms in total. The van der Waals surface area contributed by atoms with Crippen molar-refractivity contribution in [3.05, 3.63) is 71.8 Å². The molecule has 124 valence electrons. The van der Waals surface area contributed by atoms with E-state index in [1.165, 1.54) is 0 Å². The Morgan fingerprint density at radius 3 is 1.78 bits per heavy atom. The van der Waals surface area contributed by atoms with Crippen molar-refractivity contribution in [2.75, 3.05) is 0 Å². The van der Waals surface area contributed by atoms with Crippen LogP contribution < -0.4 is 21.2 Å². The SMILES string of the molecule is NP(=O)(NCc1ccccc1)OP(N)(=S)NCc1ccccc1. The predicted molar refractivity (Wildman–Crippen MR) is 97.9 cm³/mol. The fourth-order valence-corrected chi connectivity index (χ4v) is 5.63. The van der Waals surface area contributed by atoms with Crippen molar-refractivity contribution in [1.29, 1.82) is 0 Å². The van der Waals surface area contributed by atoms with Crippen LogP contribution >= 0.6 is 14.2 Å². The van der Waals surface area contributed by atoms with E-state index in [-0.39, 0.29) is 0 Å². The number of hydrogen-bond donors (Lipinski definition) is 4. The maximum Gasteiger partial charge on any atom is 0.344 e. The lowest BCUT2D eigenvalue weighted by Crippen LogP contribution is -2.23. The highest BCUT2D eigenvalue weighted by Crippen LogP contribution is 2.50. The second kappa shape index (κ2) is 8.29. The standard InChI is InChI=1S/C14H20N4O2P2S/c15-21(19,17-11-13-7-3-1-4-8-13)20-22(16,23)18-12-14-9-5-2-6-10-14/h1-10H,11-12H2,(H3,15,17,19)(H3,16,18,23). The zero-order valence-electron chi connectivity index (χ0n) is 12.5. The van der Waals surface area contributed by atoms with Gasteiger partial charge in [0, 0.05) is 13.1 Å². The van der Waals surface area contributed by atoms with E-state index in [0.717, 1.165) is 11.1 Å². The fraction of sp³-hybridized carbons (Fsp3) is 0.143. The number of nitrogens with one attached hydrogen (secondary N) is 2. The molecule has 0 fully saturated rings. The maximum atomic E-state index is 12.3. The number of hydrogen-bond acceptors (Lipinski definition) is 3. The van der Waals surface area contributed by atoms with Crippen molar-refractivity contribution in [3.63, 3.8) is 0 Å². The average Bonchev–Trinajstić information content (AvgIpc) is 2.52. The molecule has 0 saturated heterocycles. The topological polar surface area (TPSA) is 102 Å². The largest absolute Gasteiger partial charge is 0.344 e. The summed E-state index contributed by atoms with van der Waals surface area (Å²) in [5, 5.41) is 5.60. The summed E-state index contributed by atoms with van der Waals surface area (Å²) in [4.78, 5) is 0. The van der Waals surface area contributed by atoms with Crippen LogP contribution in [0, 0.1) is 0 Å². The summed E-state index contributed by atoms with van der Waals surface area (Å²) >= 11 is 5.18. The van der Waals surface area contributed by atoms with E-state index in [9.17, 15) is 4.57 Å². The molecule has 0 amide bonds. The van der Waals surface area contributed by atoms with Crippen LogP contribution in [0.4, 0.5) is 0 Å². The number of nitrogens with two attached hydrogens (primary N) is 2. The molecule has 2 aromatic rings. The molecule has 0 aliphatic rings. The van der Waals surface area contributed by atoms with Gasteiger partial charge in [-0.15, -0.1) is 0 Å². The van der Waals surface area contributed by atoms with Crippen molar-refractivity contribution in [1.82, 2.24) is 10.2 Å². The van der Waals surface area contributed by atoms with Crippen molar-refractivity contribution in [2.24, 2.45) is 11.0 Å². The van der Waals surface area contributed by atoms with Crippen LogP contribution in [0.5, 0.6) is 0 Å². The molecule has 0 aliphatic heterocycles. The molecule has 0 spiro atoms. The van der Waals surface area contributed by atoms with Gasteiger partial charge in [0.05, 0.1) is 0 Å². The molecule has 23 heavy (non-hydrogen) atoms. The van der Waals surface area contributed by atoms with Gasteiger partial charge in [-0.2, -0.15) is 0 Å². The maximum absolute atomic E-state index is 12.3. The average molecular weight is 370 g/mol. The second-order valence-electron chi connectivity index (χ2n) is 4.92. The second-order valence-corrected chi connectivity index (χ2v) is 10.2. The summed E-state index contributed by atoms with van der Waals surface area (Å²) in [6.07, 6.45) is 0. The molecule has 6 N–H and O–H groups in total. The summed E-state index contributed by atoms with van der Waals surface area (Å²) < 4.78 is 17.6. The smallest absolute Gasteiger partial charge is 0.269 e. The highest BCUT2D eigenvalue weighted by atomic mass is 32.5. The van der Waals surface area contributed by atoms with Gasteiger partial charge < -0.3 is 0 Å². The van der Waals surface area contributed by atoms with E-state index >= 15 is 0 Å². The van der Waals surface area contributed by atoms with Crippen molar-refractivity contribution < 1.29 is 8.88 Å². The Morgan fingerprint density at radius 2 is 1.30 bits per heavy atom. The lowest BCUT2D eigenvalue weighted by molar-refractivity contribution is 0.483. The van der Waals surface area contributed by atoms with Crippen LogP contribution in [0.3, 0.4) is 0 Å². The van der Waals surface area contributed by atoms with Crippen LogP contribution in [-0.4, -0.2) is 0 Å². The Hall–Kier alpha value is -0.880. The molecule has 0 aliphatic carbocycles. The summed E-state index contributed by atoms with van der Waals surface area (Å²) in [7, 11) is -3.59. The molecule has 9 heteroatoms. The minimum absolute atomic E-state index is 0.308. The van der Waals surface area contributed by atoms with E-state index in [1.807, 2.05) is 60.7 Å². The van der Waals surface area contributed by atoms with Crippen LogP contribution in [0.25, 0.3) is 0 Å². The third-order valence-electron chi connectivity index (χ3n) is 2.94. The van der Waals surface area contributed by atoms with E-state index < -0.39 is 14.2 Å². The van der Waals surface area contributed by atoms with Gasteiger partial charge in [-0.3, -0.25) is 15.2 Å². The minimum Gasteiger partial charge on any atom is -0.269 e. The lowest BCUT2D eigenvalue weighted by atomic mass is 10.2. The Morgan fingerprint density at radius 1 is 0.870 bits per heavy atom. The molecular formula is C14H20N4O2P2S. The third-order valence-corrected chi connectivity index (χ3v) is 7.06. The van der Waals surface area contributed by atoms with Gasteiger partial charge in [0.15, 0.2) is 0 Å². The van der Waals surface area contributed by atoms with Crippen LogP contribution in [0.2, 0.25) is 0 Å². The zero-order valence-corrected chi connectivity index (χ0v) is 15.1. The van der Waals surface area contributed by atoms with Gasteiger partial charge in [-0.05, 0) is 22.9 Å². The van der Waals surface area contributed by atoms with Gasteiger partial charge in [0.2, 0.25) is 6.57 Å². The van der Waals surface area contributed by atoms with E-state index in [1.54, 1.807) is 0 Å². The van der Waals surface area contributed by atoms with E-state index in [0.29, 0.717) is 13.1 Å². The molecule has 2 unspecified atom stereocenters. The molecule has 2 rings (SSSR count). The van der Waals surface area contributed by atoms with Crippen molar-refractivity contribution in [2.45, 2.75) is 13.1 Å². The highest BCUT2D eigenvalue weighted by molar-refractivity contribution is 8.11. The van der Waals surface area contributed by atoms with Crippen LogP contribution in [0.1, 0.15) is 11.1 Å². The minimum atomic E-state index is -3.59. The highest BCUT2D eigenvalue weighted by Gasteiger charge is 2.25.